The topological polar surface area (TPSA) is 117 Å². The average molecular weight is 497 g/mol. The Labute approximate surface area is 207 Å². The second-order valence-corrected chi connectivity index (χ2v) is 8.51. The van der Waals surface area contributed by atoms with Gasteiger partial charge in [0.15, 0.2) is 6.10 Å². The zero-order chi connectivity index (χ0) is 25.2. The highest BCUT2D eigenvalue weighted by molar-refractivity contribution is 7.98. The zero-order valence-electron chi connectivity index (χ0n) is 19.4. The van der Waals surface area contributed by atoms with E-state index in [1.165, 1.54) is 18.7 Å². The number of carbonyl (C=O) groups is 2. The van der Waals surface area contributed by atoms with Gasteiger partial charge in [-0.1, -0.05) is 36.4 Å². The van der Waals surface area contributed by atoms with Gasteiger partial charge in [-0.3, -0.25) is 15.3 Å². The minimum atomic E-state index is -0.809. The molecule has 0 aliphatic heterocycles. The number of hydrogen-bond acceptors (Lipinski definition) is 7. The van der Waals surface area contributed by atoms with Crippen LogP contribution in [0.25, 0.3) is 10.8 Å². The van der Waals surface area contributed by atoms with Crippen molar-refractivity contribution in [1.29, 1.82) is 0 Å². The summed E-state index contributed by atoms with van der Waals surface area (Å²) in [6, 6.07) is 18.0. The van der Waals surface area contributed by atoms with Gasteiger partial charge in [0, 0.05) is 34.7 Å². The van der Waals surface area contributed by atoms with Crippen LogP contribution < -0.4 is 10.8 Å². The zero-order valence-corrected chi connectivity index (χ0v) is 20.2. The molecule has 0 saturated carbocycles. The maximum Gasteiger partial charge on any atom is 0.412 e. The molecular weight excluding hydrogens is 468 g/mol. The van der Waals surface area contributed by atoms with Gasteiger partial charge in [0.05, 0.1) is 6.10 Å². The molecule has 8 nitrogen and oxygen atoms in total. The number of hydrogen-bond donors (Lipinski definition) is 4. The van der Waals surface area contributed by atoms with E-state index in [-0.39, 0.29) is 5.75 Å². The molecule has 9 heteroatoms. The van der Waals surface area contributed by atoms with E-state index in [2.05, 4.69) is 5.32 Å². The number of allylic oxidation sites excluding steroid dienone is 1. The highest BCUT2D eigenvalue weighted by Gasteiger charge is 2.29. The van der Waals surface area contributed by atoms with Crippen LogP contribution >= 0.6 is 11.8 Å². The first-order valence-electron chi connectivity index (χ1n) is 10.9. The third-order valence-corrected chi connectivity index (χ3v) is 6.19. The number of hydroxylamine groups is 1. The van der Waals surface area contributed by atoms with Crippen LogP contribution in [0.15, 0.2) is 77.7 Å². The molecule has 0 fully saturated rings. The molecule has 0 radical (unpaired) electrons. The number of benzene rings is 3. The largest absolute Gasteiger partial charge is 0.507 e. The van der Waals surface area contributed by atoms with E-state index in [4.69, 9.17) is 14.7 Å². The van der Waals surface area contributed by atoms with Gasteiger partial charge < -0.3 is 14.6 Å². The molecule has 35 heavy (non-hydrogen) atoms. The van der Waals surface area contributed by atoms with Crippen LogP contribution in [-0.2, 0) is 14.3 Å². The number of phenolic OH excluding ortho intramolecular Hbond substituents is 1. The van der Waals surface area contributed by atoms with Crippen molar-refractivity contribution in [3.63, 3.8) is 0 Å². The van der Waals surface area contributed by atoms with E-state index in [1.807, 2.05) is 36.6 Å². The van der Waals surface area contributed by atoms with Crippen molar-refractivity contribution in [3.05, 3.63) is 78.4 Å². The van der Waals surface area contributed by atoms with Gasteiger partial charge in [-0.2, -0.15) is 0 Å². The number of rotatable bonds is 10. The summed E-state index contributed by atoms with van der Waals surface area (Å²) < 4.78 is 11.6. The van der Waals surface area contributed by atoms with Crippen LogP contribution in [-0.4, -0.2) is 41.8 Å². The molecule has 0 bridgehead atoms. The first-order valence-corrected chi connectivity index (χ1v) is 12.1. The Balaban J connectivity index is 1.89. The molecular formula is C26H28N2O6S. The molecule has 3 aromatic carbocycles. The summed E-state index contributed by atoms with van der Waals surface area (Å²) in [6.45, 7) is 0. The van der Waals surface area contributed by atoms with Gasteiger partial charge in [-0.05, 0) is 54.8 Å². The normalized spacial score (nSPS) is 12.9. The summed E-state index contributed by atoms with van der Waals surface area (Å²) in [6.07, 6.45) is 3.60. The van der Waals surface area contributed by atoms with Crippen molar-refractivity contribution in [1.82, 2.24) is 5.48 Å². The fraction of sp³-hybridized carbons (Fsp3) is 0.231. The molecule has 2 atom stereocenters. The van der Waals surface area contributed by atoms with Crippen LogP contribution in [0.3, 0.4) is 0 Å². The van der Waals surface area contributed by atoms with Gasteiger partial charge in [0.25, 0.3) is 5.91 Å². The summed E-state index contributed by atoms with van der Waals surface area (Å²) >= 11 is 1.60. The lowest BCUT2D eigenvalue weighted by Crippen LogP contribution is -2.28. The highest BCUT2D eigenvalue weighted by Crippen LogP contribution is 2.36. The number of ether oxygens (including phenoxy) is 2. The Morgan fingerprint density at radius 1 is 1.06 bits per heavy atom. The van der Waals surface area contributed by atoms with Crippen molar-refractivity contribution >= 4 is 40.2 Å². The number of methoxy groups -OCH3 is 1. The fourth-order valence-corrected chi connectivity index (χ4v) is 4.12. The summed E-state index contributed by atoms with van der Waals surface area (Å²) in [4.78, 5) is 25.2. The SMILES string of the molecule is CO[C@H](CC/C=C/C(=O)NO)[C@H](OC(=O)Nc1ccc(SC)cc1)c1ccc(O)c2ccccc12. The van der Waals surface area contributed by atoms with Gasteiger partial charge in [-0.25, -0.2) is 10.3 Å². The van der Waals surface area contributed by atoms with Crippen LogP contribution in [0, 0.1) is 0 Å². The Hall–Kier alpha value is -3.53. The summed E-state index contributed by atoms with van der Waals surface area (Å²) in [7, 11) is 1.52. The summed E-state index contributed by atoms with van der Waals surface area (Å²) in [5.41, 5.74) is 2.81. The minimum Gasteiger partial charge on any atom is -0.507 e. The monoisotopic (exact) mass is 496 g/mol. The molecule has 2 amide bonds. The van der Waals surface area contributed by atoms with Gasteiger partial charge >= 0.3 is 6.09 Å². The maximum absolute atomic E-state index is 12.9. The second kappa shape index (κ2) is 12.8. The van der Waals surface area contributed by atoms with Crippen LogP contribution in [0.1, 0.15) is 24.5 Å². The van der Waals surface area contributed by atoms with Crippen molar-refractivity contribution < 1.29 is 29.4 Å². The number of nitrogens with one attached hydrogen (secondary N) is 2. The predicted molar refractivity (Wildman–Crippen MR) is 136 cm³/mol. The van der Waals surface area contributed by atoms with E-state index in [0.29, 0.717) is 29.5 Å². The van der Waals surface area contributed by atoms with Gasteiger partial charge in [-0.15, -0.1) is 11.8 Å². The van der Waals surface area contributed by atoms with E-state index >= 15 is 0 Å². The van der Waals surface area contributed by atoms with Crippen LogP contribution in [0.5, 0.6) is 5.75 Å². The fourth-order valence-electron chi connectivity index (χ4n) is 3.71. The lowest BCUT2D eigenvalue weighted by atomic mass is 9.94. The number of amides is 2. The molecule has 0 aliphatic rings. The van der Waals surface area contributed by atoms with Crippen molar-refractivity contribution in [3.8, 4) is 5.75 Å². The first-order chi connectivity index (χ1) is 17.0. The molecule has 0 spiro atoms. The number of fused-ring (bicyclic) bond motifs is 1. The van der Waals surface area contributed by atoms with Gasteiger partial charge in [0.1, 0.15) is 5.75 Å². The third-order valence-electron chi connectivity index (χ3n) is 5.45. The number of thioether (sulfide) groups is 1. The van der Waals surface area contributed by atoms with Crippen molar-refractivity contribution in [2.45, 2.75) is 29.9 Å². The molecule has 184 valence electrons. The highest BCUT2D eigenvalue weighted by atomic mass is 32.2. The molecule has 0 unspecified atom stereocenters. The molecule has 4 N–H and O–H groups in total. The van der Waals surface area contributed by atoms with E-state index in [9.17, 15) is 14.7 Å². The Bertz CT molecular complexity index is 1180. The molecule has 0 heterocycles. The number of phenols is 1. The van der Waals surface area contributed by atoms with E-state index in [1.54, 1.807) is 48.2 Å². The minimum absolute atomic E-state index is 0.119. The maximum atomic E-state index is 12.9. The molecule has 0 aromatic heterocycles. The summed E-state index contributed by atoms with van der Waals surface area (Å²) in [5, 5.41) is 23.1. The summed E-state index contributed by atoms with van der Waals surface area (Å²) in [5.74, 6) is -0.517. The first kappa shape index (κ1) is 26.1. The quantitative estimate of drug-likeness (QED) is 0.128. The standard InChI is InChI=1S/C26H28N2O6S/c1-33-23(9-5-6-10-24(30)28-32)25(21-15-16-22(29)20-8-4-3-7-19(20)21)34-26(31)27-17-11-13-18(35-2)14-12-17/h3-4,6-8,10-16,23,25,29,32H,5,9H2,1-2H3,(H,27,31)(H,28,30)/b10-6+/t23-,25-/m1/s1. The van der Waals surface area contributed by atoms with Crippen LogP contribution in [0.2, 0.25) is 0 Å². The van der Waals surface area contributed by atoms with Crippen molar-refractivity contribution in [2.24, 2.45) is 0 Å². The smallest absolute Gasteiger partial charge is 0.412 e. The Morgan fingerprint density at radius 3 is 2.43 bits per heavy atom. The number of aromatic hydroxyl groups is 1. The third kappa shape index (κ3) is 6.98. The average Bonchev–Trinajstić information content (AvgIpc) is 2.88. The number of carbonyl (C=O) groups excluding carboxylic acids is 2. The Kier molecular flexibility index (Phi) is 9.54. The van der Waals surface area contributed by atoms with Crippen molar-refractivity contribution in [2.75, 3.05) is 18.7 Å². The number of anilines is 1. The van der Waals surface area contributed by atoms with E-state index in [0.717, 1.165) is 10.3 Å². The molecule has 3 aromatic rings. The predicted octanol–water partition coefficient (Wildman–Crippen LogP) is 5.41. The molecule has 0 aliphatic carbocycles. The van der Waals surface area contributed by atoms with E-state index < -0.39 is 24.2 Å². The van der Waals surface area contributed by atoms with Gasteiger partial charge in [0.2, 0.25) is 0 Å². The molecule has 0 saturated heterocycles. The second-order valence-electron chi connectivity index (χ2n) is 7.63. The lowest BCUT2D eigenvalue weighted by Gasteiger charge is -2.27. The Morgan fingerprint density at radius 2 is 1.77 bits per heavy atom. The van der Waals surface area contributed by atoms with Crippen LogP contribution in [0.4, 0.5) is 10.5 Å². The molecule has 3 rings (SSSR count). The lowest BCUT2D eigenvalue weighted by molar-refractivity contribution is -0.124.